The third-order valence-electron chi connectivity index (χ3n) is 3.90. The average Bonchev–Trinajstić information content (AvgIpc) is 2.74. The lowest BCUT2D eigenvalue weighted by atomic mass is 10.1. The molecule has 6 heteroatoms. The topological polar surface area (TPSA) is 61.5 Å². The standard InChI is InChI=1S/C13H20N4O2/c1-16-4-2-5-17(7-6-16)13(18)12-10-9-19-8-3-11(10)14-15-12/h2-9H2,1H3,(H,14,15). The number of carbonyl (C=O) groups excluding carboxylic acids is 1. The normalized spacial score (nSPS) is 21.0. The number of likely N-dealkylation sites (N-methyl/N-ethyl adjacent to an activating group) is 1. The Morgan fingerprint density at radius 2 is 2.21 bits per heavy atom. The van der Waals surface area contributed by atoms with Crippen molar-refractivity contribution in [3.05, 3.63) is 17.0 Å². The van der Waals surface area contributed by atoms with Gasteiger partial charge < -0.3 is 14.5 Å². The SMILES string of the molecule is CN1CCCN(C(=O)c2n[nH]c3c2COCC3)CC1. The molecule has 1 amide bonds. The molecule has 0 aromatic carbocycles. The van der Waals surface area contributed by atoms with Gasteiger partial charge in [-0.15, -0.1) is 0 Å². The van der Waals surface area contributed by atoms with E-state index in [4.69, 9.17) is 4.74 Å². The van der Waals surface area contributed by atoms with Crippen LogP contribution in [0.2, 0.25) is 0 Å². The Bertz CT molecular complexity index is 471. The van der Waals surface area contributed by atoms with Crippen LogP contribution in [-0.2, 0) is 17.8 Å². The summed E-state index contributed by atoms with van der Waals surface area (Å²) in [5.41, 5.74) is 2.56. The summed E-state index contributed by atoms with van der Waals surface area (Å²) in [6, 6.07) is 0. The molecular formula is C13H20N4O2. The summed E-state index contributed by atoms with van der Waals surface area (Å²) in [4.78, 5) is 16.7. The fourth-order valence-electron chi connectivity index (χ4n) is 2.69. The number of ether oxygens (including phenoxy) is 1. The molecule has 3 heterocycles. The predicted octanol–water partition coefficient (Wildman–Crippen LogP) is 0.260. The Labute approximate surface area is 112 Å². The zero-order chi connectivity index (χ0) is 13.2. The minimum atomic E-state index is 0.0401. The maximum atomic E-state index is 12.6. The molecule has 1 aromatic rings. The van der Waals surface area contributed by atoms with Crippen molar-refractivity contribution in [2.75, 3.05) is 39.8 Å². The van der Waals surface area contributed by atoms with Gasteiger partial charge in [0.15, 0.2) is 5.69 Å². The van der Waals surface area contributed by atoms with Crippen molar-refractivity contribution in [3.63, 3.8) is 0 Å². The number of fused-ring (bicyclic) bond motifs is 1. The summed E-state index contributed by atoms with van der Waals surface area (Å²) in [5, 5.41) is 7.20. The minimum Gasteiger partial charge on any atom is -0.376 e. The van der Waals surface area contributed by atoms with Crippen LogP contribution in [0.25, 0.3) is 0 Å². The Morgan fingerprint density at radius 1 is 1.32 bits per heavy atom. The molecule has 6 nitrogen and oxygen atoms in total. The first-order chi connectivity index (χ1) is 9.25. The van der Waals surface area contributed by atoms with Crippen molar-refractivity contribution >= 4 is 5.91 Å². The first-order valence-electron chi connectivity index (χ1n) is 6.87. The van der Waals surface area contributed by atoms with Gasteiger partial charge in [0.1, 0.15) is 0 Å². The Morgan fingerprint density at radius 3 is 3.11 bits per heavy atom. The fraction of sp³-hybridized carbons (Fsp3) is 0.692. The van der Waals surface area contributed by atoms with Crippen LogP contribution in [0, 0.1) is 0 Å². The van der Waals surface area contributed by atoms with Gasteiger partial charge in [0, 0.05) is 37.3 Å². The van der Waals surface area contributed by atoms with Crippen LogP contribution >= 0.6 is 0 Å². The first kappa shape index (κ1) is 12.6. The summed E-state index contributed by atoms with van der Waals surface area (Å²) in [6.45, 7) is 4.77. The van der Waals surface area contributed by atoms with Gasteiger partial charge in [-0.25, -0.2) is 0 Å². The van der Waals surface area contributed by atoms with Crippen molar-refractivity contribution < 1.29 is 9.53 Å². The molecule has 0 atom stereocenters. The lowest BCUT2D eigenvalue weighted by molar-refractivity contribution is 0.0743. The van der Waals surface area contributed by atoms with E-state index in [1.165, 1.54) is 0 Å². The van der Waals surface area contributed by atoms with Crippen molar-refractivity contribution in [1.82, 2.24) is 20.0 Å². The molecule has 2 aliphatic rings. The van der Waals surface area contributed by atoms with Gasteiger partial charge >= 0.3 is 0 Å². The van der Waals surface area contributed by atoms with E-state index in [-0.39, 0.29) is 5.91 Å². The monoisotopic (exact) mass is 264 g/mol. The van der Waals surface area contributed by atoms with Gasteiger partial charge in [-0.05, 0) is 20.0 Å². The second-order valence-electron chi connectivity index (χ2n) is 5.28. The molecule has 1 N–H and O–H groups in total. The highest BCUT2D eigenvalue weighted by Crippen LogP contribution is 2.20. The molecule has 104 valence electrons. The van der Waals surface area contributed by atoms with Crippen molar-refractivity contribution in [3.8, 4) is 0 Å². The fourth-order valence-corrected chi connectivity index (χ4v) is 2.69. The molecule has 1 fully saturated rings. The number of nitrogens with one attached hydrogen (secondary N) is 1. The average molecular weight is 264 g/mol. The number of carbonyl (C=O) groups is 1. The molecule has 19 heavy (non-hydrogen) atoms. The number of amides is 1. The number of nitrogens with zero attached hydrogens (tertiary/aromatic N) is 3. The highest BCUT2D eigenvalue weighted by molar-refractivity contribution is 5.94. The van der Waals surface area contributed by atoms with Gasteiger partial charge in [-0.3, -0.25) is 9.89 Å². The molecule has 0 saturated carbocycles. The molecule has 0 aliphatic carbocycles. The van der Waals surface area contributed by atoms with Crippen LogP contribution in [0.3, 0.4) is 0 Å². The van der Waals surface area contributed by atoms with Gasteiger partial charge in [-0.2, -0.15) is 5.10 Å². The van der Waals surface area contributed by atoms with Crippen LogP contribution in [0.1, 0.15) is 28.2 Å². The maximum absolute atomic E-state index is 12.6. The van der Waals surface area contributed by atoms with Crippen molar-refractivity contribution in [2.24, 2.45) is 0 Å². The summed E-state index contributed by atoms with van der Waals surface area (Å²) >= 11 is 0. The van der Waals surface area contributed by atoms with E-state index in [1.54, 1.807) is 0 Å². The van der Waals surface area contributed by atoms with Crippen LogP contribution in [0.15, 0.2) is 0 Å². The second-order valence-corrected chi connectivity index (χ2v) is 5.28. The van der Waals surface area contributed by atoms with E-state index in [1.807, 2.05) is 4.90 Å². The van der Waals surface area contributed by atoms with Gasteiger partial charge in [-0.1, -0.05) is 0 Å². The molecule has 0 radical (unpaired) electrons. The minimum absolute atomic E-state index is 0.0401. The van der Waals surface area contributed by atoms with E-state index in [2.05, 4.69) is 22.1 Å². The van der Waals surface area contributed by atoms with E-state index in [0.29, 0.717) is 18.9 Å². The van der Waals surface area contributed by atoms with E-state index < -0.39 is 0 Å². The lowest BCUT2D eigenvalue weighted by Gasteiger charge is -2.20. The lowest BCUT2D eigenvalue weighted by Crippen LogP contribution is -2.35. The number of aromatic nitrogens is 2. The van der Waals surface area contributed by atoms with Crippen LogP contribution in [0.4, 0.5) is 0 Å². The van der Waals surface area contributed by atoms with Crippen LogP contribution < -0.4 is 0 Å². The number of H-pyrrole nitrogens is 1. The smallest absolute Gasteiger partial charge is 0.274 e. The molecule has 1 aromatic heterocycles. The zero-order valence-electron chi connectivity index (χ0n) is 11.3. The second kappa shape index (κ2) is 5.30. The van der Waals surface area contributed by atoms with Crippen molar-refractivity contribution in [1.29, 1.82) is 0 Å². The number of hydrogen-bond acceptors (Lipinski definition) is 4. The van der Waals surface area contributed by atoms with Crippen LogP contribution in [-0.4, -0.2) is 65.7 Å². The highest BCUT2D eigenvalue weighted by atomic mass is 16.5. The van der Waals surface area contributed by atoms with Crippen molar-refractivity contribution in [2.45, 2.75) is 19.4 Å². The molecule has 3 rings (SSSR count). The predicted molar refractivity (Wildman–Crippen MR) is 70.0 cm³/mol. The summed E-state index contributed by atoms with van der Waals surface area (Å²) in [5.74, 6) is 0.0401. The first-order valence-corrected chi connectivity index (χ1v) is 6.87. The van der Waals surface area contributed by atoms with E-state index >= 15 is 0 Å². The Balaban J connectivity index is 1.78. The molecule has 1 saturated heterocycles. The van der Waals surface area contributed by atoms with Gasteiger partial charge in [0.25, 0.3) is 5.91 Å². The molecule has 0 unspecified atom stereocenters. The summed E-state index contributed by atoms with van der Waals surface area (Å²) in [7, 11) is 2.10. The van der Waals surface area contributed by atoms with Crippen LogP contribution in [0.5, 0.6) is 0 Å². The van der Waals surface area contributed by atoms with E-state index in [9.17, 15) is 4.79 Å². The third kappa shape index (κ3) is 2.50. The van der Waals surface area contributed by atoms with Gasteiger partial charge in [0.2, 0.25) is 0 Å². The molecular weight excluding hydrogens is 244 g/mol. The molecule has 0 bridgehead atoms. The molecule has 0 spiro atoms. The summed E-state index contributed by atoms with van der Waals surface area (Å²) in [6.07, 6.45) is 1.84. The number of rotatable bonds is 1. The van der Waals surface area contributed by atoms with Gasteiger partial charge in [0.05, 0.1) is 13.2 Å². The van der Waals surface area contributed by atoms with E-state index in [0.717, 1.165) is 50.3 Å². The zero-order valence-corrected chi connectivity index (χ0v) is 11.3. The molecule has 2 aliphatic heterocycles. The highest BCUT2D eigenvalue weighted by Gasteiger charge is 2.26. The maximum Gasteiger partial charge on any atom is 0.274 e. The Kier molecular flexibility index (Phi) is 3.52. The Hall–Kier alpha value is -1.40. The number of hydrogen-bond donors (Lipinski definition) is 1. The summed E-state index contributed by atoms with van der Waals surface area (Å²) < 4.78 is 5.44. The quantitative estimate of drug-likeness (QED) is 0.790. The number of aromatic amines is 1. The third-order valence-corrected chi connectivity index (χ3v) is 3.90. The largest absolute Gasteiger partial charge is 0.376 e.